The lowest BCUT2D eigenvalue weighted by molar-refractivity contribution is -0.122. The van der Waals surface area contributed by atoms with Crippen molar-refractivity contribution in [3.63, 3.8) is 0 Å². The molecule has 0 bridgehead atoms. The molecule has 0 atom stereocenters. The minimum atomic E-state index is -0.105. The summed E-state index contributed by atoms with van der Waals surface area (Å²) in [4.78, 5) is 12.0. The molecule has 0 unspecified atom stereocenters. The van der Waals surface area contributed by atoms with E-state index >= 15 is 0 Å². The summed E-state index contributed by atoms with van der Waals surface area (Å²) in [7, 11) is 0. The van der Waals surface area contributed by atoms with Crippen LogP contribution in [0.4, 0.5) is 0 Å². The quantitative estimate of drug-likeness (QED) is 0.802. The van der Waals surface area contributed by atoms with Crippen LogP contribution in [0.5, 0.6) is 0 Å². The highest BCUT2D eigenvalue weighted by Gasteiger charge is 2.26. The van der Waals surface area contributed by atoms with Gasteiger partial charge < -0.3 is 5.32 Å². The summed E-state index contributed by atoms with van der Waals surface area (Å²) >= 11 is 3.49. The summed E-state index contributed by atoms with van der Waals surface area (Å²) in [6.45, 7) is 4.21. The molecule has 0 aromatic heterocycles. The first-order valence-corrected chi connectivity index (χ1v) is 7.19. The third kappa shape index (κ3) is 4.15. The summed E-state index contributed by atoms with van der Waals surface area (Å²) in [5, 5.41) is 3.94. The maximum absolute atomic E-state index is 12.0. The van der Waals surface area contributed by atoms with Crippen molar-refractivity contribution < 1.29 is 4.79 Å². The molecule has 0 saturated carbocycles. The number of nitrogens with one attached hydrogen (secondary N) is 1. The normalized spacial score (nSPS) is 11.2. The van der Waals surface area contributed by atoms with Crippen LogP contribution in [0.3, 0.4) is 0 Å². The van der Waals surface area contributed by atoms with Crippen LogP contribution in [0.1, 0.15) is 32.3 Å². The maximum Gasteiger partial charge on any atom is 0.224 e. The molecule has 0 fully saturated rings. The molecule has 0 radical (unpaired) electrons. The van der Waals surface area contributed by atoms with Crippen molar-refractivity contribution in [2.24, 2.45) is 0 Å². The Kier molecular flexibility index (Phi) is 5.69. The van der Waals surface area contributed by atoms with Crippen LogP contribution in [0.2, 0.25) is 0 Å². The lowest BCUT2D eigenvalue weighted by Gasteiger charge is -2.31. The molecular weight excluding hydrogens is 278 g/mol. The second-order valence-corrected chi connectivity index (χ2v) is 4.89. The fourth-order valence-corrected chi connectivity index (χ4v) is 2.70. The highest BCUT2D eigenvalue weighted by molar-refractivity contribution is 9.09. The molecule has 1 amide bonds. The Bertz CT molecular complexity index is 338. The Labute approximate surface area is 112 Å². The number of amides is 1. The molecule has 0 saturated heterocycles. The molecule has 0 spiro atoms. The van der Waals surface area contributed by atoms with Gasteiger partial charge in [0, 0.05) is 10.9 Å². The molecule has 0 aliphatic carbocycles. The summed E-state index contributed by atoms with van der Waals surface area (Å²) in [6.07, 6.45) is 2.33. The second-order valence-electron chi connectivity index (χ2n) is 4.33. The molecule has 1 N–H and O–H groups in total. The summed E-state index contributed by atoms with van der Waals surface area (Å²) in [5.41, 5.74) is 0.951. The van der Waals surface area contributed by atoms with E-state index in [1.807, 2.05) is 30.3 Å². The summed E-state index contributed by atoms with van der Waals surface area (Å²) in [5.74, 6) is 0.0966. The van der Waals surface area contributed by atoms with Gasteiger partial charge in [0.25, 0.3) is 0 Å². The Morgan fingerprint density at radius 1 is 1.24 bits per heavy atom. The average molecular weight is 298 g/mol. The first-order chi connectivity index (χ1) is 8.15. The molecule has 2 nitrogen and oxygen atoms in total. The van der Waals surface area contributed by atoms with Crippen molar-refractivity contribution in [3.8, 4) is 0 Å². The first-order valence-electron chi connectivity index (χ1n) is 6.06. The van der Waals surface area contributed by atoms with Gasteiger partial charge in [-0.25, -0.2) is 0 Å². The standard InChI is InChI=1S/C14H20BrNO/c1-3-14(4-2,11-15)16-13(17)10-12-8-6-5-7-9-12/h5-9H,3-4,10-11H2,1-2H3,(H,16,17). The van der Waals surface area contributed by atoms with Crippen LogP contribution < -0.4 is 5.32 Å². The number of halogens is 1. The molecule has 0 aliphatic rings. The SMILES string of the molecule is CCC(CC)(CBr)NC(=O)Cc1ccccc1. The zero-order valence-corrected chi connectivity index (χ0v) is 12.1. The number of hydrogen-bond acceptors (Lipinski definition) is 1. The van der Waals surface area contributed by atoms with Crippen molar-refractivity contribution in [2.45, 2.75) is 38.6 Å². The minimum Gasteiger partial charge on any atom is -0.350 e. The molecule has 0 heterocycles. The molecular formula is C14H20BrNO. The van der Waals surface area contributed by atoms with E-state index in [1.165, 1.54) is 0 Å². The van der Waals surface area contributed by atoms with Gasteiger partial charge in [0.15, 0.2) is 0 Å². The predicted molar refractivity (Wildman–Crippen MR) is 75.4 cm³/mol. The van der Waals surface area contributed by atoms with Gasteiger partial charge in [0.05, 0.1) is 6.42 Å². The third-order valence-electron chi connectivity index (χ3n) is 3.22. The average Bonchev–Trinajstić information content (AvgIpc) is 2.37. The van der Waals surface area contributed by atoms with Crippen molar-refractivity contribution in [1.29, 1.82) is 0 Å². The van der Waals surface area contributed by atoms with Gasteiger partial charge in [-0.3, -0.25) is 4.79 Å². The van der Waals surface area contributed by atoms with Crippen LogP contribution in [0, 0.1) is 0 Å². The maximum atomic E-state index is 12.0. The van der Waals surface area contributed by atoms with E-state index in [1.54, 1.807) is 0 Å². The number of benzene rings is 1. The van der Waals surface area contributed by atoms with Gasteiger partial charge in [-0.05, 0) is 18.4 Å². The van der Waals surface area contributed by atoms with E-state index in [4.69, 9.17) is 0 Å². The summed E-state index contributed by atoms with van der Waals surface area (Å²) in [6, 6.07) is 9.84. The van der Waals surface area contributed by atoms with Gasteiger partial charge in [0.2, 0.25) is 5.91 Å². The molecule has 0 aliphatic heterocycles. The van der Waals surface area contributed by atoms with Crippen LogP contribution in [0.25, 0.3) is 0 Å². The molecule has 3 heteroatoms. The lowest BCUT2D eigenvalue weighted by atomic mass is 9.95. The number of rotatable bonds is 6. The van der Waals surface area contributed by atoms with Gasteiger partial charge in [-0.1, -0.05) is 60.1 Å². The molecule has 94 valence electrons. The lowest BCUT2D eigenvalue weighted by Crippen LogP contribution is -2.49. The Hall–Kier alpha value is -0.830. The van der Waals surface area contributed by atoms with Gasteiger partial charge in [-0.2, -0.15) is 0 Å². The molecule has 1 aromatic rings. The van der Waals surface area contributed by atoms with Gasteiger partial charge in [-0.15, -0.1) is 0 Å². The Morgan fingerprint density at radius 2 is 1.82 bits per heavy atom. The number of carbonyl (C=O) groups excluding carboxylic acids is 1. The van der Waals surface area contributed by atoms with Crippen molar-refractivity contribution in [1.82, 2.24) is 5.32 Å². The zero-order valence-electron chi connectivity index (χ0n) is 10.5. The Morgan fingerprint density at radius 3 is 2.29 bits per heavy atom. The molecule has 1 rings (SSSR count). The fraction of sp³-hybridized carbons (Fsp3) is 0.500. The number of carbonyl (C=O) groups is 1. The van der Waals surface area contributed by atoms with Crippen molar-refractivity contribution in [3.05, 3.63) is 35.9 Å². The predicted octanol–water partition coefficient (Wildman–Crippen LogP) is 3.30. The fourth-order valence-electron chi connectivity index (χ4n) is 1.77. The number of alkyl halides is 1. The van der Waals surface area contributed by atoms with E-state index in [-0.39, 0.29) is 11.4 Å². The van der Waals surface area contributed by atoms with Crippen LogP contribution in [-0.4, -0.2) is 16.8 Å². The minimum absolute atomic E-state index is 0.0966. The monoisotopic (exact) mass is 297 g/mol. The molecule has 1 aromatic carbocycles. The first kappa shape index (κ1) is 14.2. The summed E-state index contributed by atoms with van der Waals surface area (Å²) < 4.78 is 0. The molecule has 17 heavy (non-hydrogen) atoms. The smallest absolute Gasteiger partial charge is 0.224 e. The van der Waals surface area contributed by atoms with E-state index in [0.29, 0.717) is 6.42 Å². The second kappa shape index (κ2) is 6.80. The van der Waals surface area contributed by atoms with E-state index in [0.717, 1.165) is 23.7 Å². The van der Waals surface area contributed by atoms with Gasteiger partial charge >= 0.3 is 0 Å². The largest absolute Gasteiger partial charge is 0.350 e. The van der Waals surface area contributed by atoms with Gasteiger partial charge in [0.1, 0.15) is 0 Å². The third-order valence-corrected chi connectivity index (χ3v) is 4.29. The van der Waals surface area contributed by atoms with Crippen LogP contribution in [0.15, 0.2) is 30.3 Å². The topological polar surface area (TPSA) is 29.1 Å². The Balaban J connectivity index is 2.60. The van der Waals surface area contributed by atoms with Crippen LogP contribution >= 0.6 is 15.9 Å². The van der Waals surface area contributed by atoms with Crippen LogP contribution in [-0.2, 0) is 11.2 Å². The number of hydrogen-bond donors (Lipinski definition) is 1. The van der Waals surface area contributed by atoms with E-state index in [9.17, 15) is 4.79 Å². The van der Waals surface area contributed by atoms with E-state index in [2.05, 4.69) is 35.1 Å². The zero-order chi connectivity index (χ0) is 12.7. The van der Waals surface area contributed by atoms with Crippen molar-refractivity contribution in [2.75, 3.05) is 5.33 Å². The van der Waals surface area contributed by atoms with Crippen molar-refractivity contribution >= 4 is 21.8 Å². The highest BCUT2D eigenvalue weighted by atomic mass is 79.9. The highest BCUT2D eigenvalue weighted by Crippen LogP contribution is 2.18. The van der Waals surface area contributed by atoms with E-state index < -0.39 is 0 Å².